The van der Waals surface area contributed by atoms with Crippen LogP contribution >= 0.6 is 11.3 Å². The molecule has 1 aliphatic rings. The van der Waals surface area contributed by atoms with Crippen LogP contribution in [0.25, 0.3) is 0 Å². The van der Waals surface area contributed by atoms with Crippen LogP contribution in [0.2, 0.25) is 0 Å². The van der Waals surface area contributed by atoms with Gasteiger partial charge in [-0.1, -0.05) is 35.9 Å². The van der Waals surface area contributed by atoms with Gasteiger partial charge in [-0.25, -0.2) is 0 Å². The minimum Gasteiger partial charge on any atom is -0.479 e. The quantitative estimate of drug-likeness (QED) is 0.676. The molecule has 3 aromatic rings. The Hall–Kier alpha value is -3.12. The molecular weight excluding hydrogens is 384 g/mol. The number of anilines is 2. The van der Waals surface area contributed by atoms with Gasteiger partial charge in [-0.05, 0) is 49.1 Å². The first-order chi connectivity index (χ1) is 14.0. The number of carbonyl (C=O) groups excluding carboxylic acids is 2. The Balaban J connectivity index is 1.58. The molecular formula is C23H22N2O3S. The van der Waals surface area contributed by atoms with E-state index in [2.05, 4.69) is 5.32 Å². The van der Waals surface area contributed by atoms with Crippen LogP contribution in [0.15, 0.2) is 60.0 Å². The highest BCUT2D eigenvalue weighted by Gasteiger charge is 2.31. The van der Waals surface area contributed by atoms with Gasteiger partial charge in [0.25, 0.3) is 5.91 Å². The van der Waals surface area contributed by atoms with Gasteiger partial charge in [-0.15, -0.1) is 11.3 Å². The number of hydrogen-bond donors (Lipinski definition) is 1. The van der Waals surface area contributed by atoms with Crippen molar-refractivity contribution in [3.05, 3.63) is 76.0 Å². The van der Waals surface area contributed by atoms with E-state index >= 15 is 0 Å². The van der Waals surface area contributed by atoms with Crippen molar-refractivity contribution in [1.82, 2.24) is 0 Å². The van der Waals surface area contributed by atoms with Gasteiger partial charge in [0.05, 0.1) is 18.7 Å². The van der Waals surface area contributed by atoms with E-state index in [-0.39, 0.29) is 11.8 Å². The summed E-state index contributed by atoms with van der Waals surface area (Å²) in [4.78, 5) is 27.9. The molecule has 2 aromatic carbocycles. The maximum absolute atomic E-state index is 12.8. The van der Waals surface area contributed by atoms with Crippen LogP contribution in [-0.4, -0.2) is 17.9 Å². The second-order valence-electron chi connectivity index (χ2n) is 7.16. The highest BCUT2D eigenvalue weighted by molar-refractivity contribution is 7.10. The summed E-state index contributed by atoms with van der Waals surface area (Å²) in [5.74, 6) is 0.453. The van der Waals surface area contributed by atoms with E-state index in [9.17, 15) is 9.59 Å². The molecule has 6 heteroatoms. The van der Waals surface area contributed by atoms with Crippen LogP contribution in [0.5, 0.6) is 5.75 Å². The molecule has 1 unspecified atom stereocenters. The summed E-state index contributed by atoms with van der Waals surface area (Å²) in [6.07, 6.45) is -0.221. The van der Waals surface area contributed by atoms with E-state index in [1.807, 2.05) is 48.7 Å². The van der Waals surface area contributed by atoms with Crippen LogP contribution in [0.1, 0.15) is 22.9 Å². The average molecular weight is 407 g/mol. The fourth-order valence-corrected chi connectivity index (χ4v) is 4.00. The summed E-state index contributed by atoms with van der Waals surface area (Å²) in [6.45, 7) is 4.24. The molecule has 1 N–H and O–H groups in total. The van der Waals surface area contributed by atoms with E-state index in [4.69, 9.17) is 4.74 Å². The van der Waals surface area contributed by atoms with E-state index in [0.29, 0.717) is 30.1 Å². The topological polar surface area (TPSA) is 58.6 Å². The second-order valence-corrected chi connectivity index (χ2v) is 8.19. The maximum atomic E-state index is 12.8. The highest BCUT2D eigenvalue weighted by atomic mass is 32.1. The number of aryl methyl sites for hydroxylation is 1. The molecule has 148 valence electrons. The van der Waals surface area contributed by atoms with Gasteiger partial charge in [0.15, 0.2) is 6.10 Å². The number of thiophene rings is 1. The predicted octanol–water partition coefficient (Wildman–Crippen LogP) is 4.55. The maximum Gasteiger partial charge on any atom is 0.268 e. The molecule has 1 aromatic heterocycles. The molecule has 29 heavy (non-hydrogen) atoms. The fraction of sp³-hybridized carbons (Fsp3) is 0.217. The summed E-state index contributed by atoms with van der Waals surface area (Å²) in [6, 6.07) is 17.4. The van der Waals surface area contributed by atoms with Gasteiger partial charge >= 0.3 is 0 Å². The zero-order valence-corrected chi connectivity index (χ0v) is 17.2. The lowest BCUT2D eigenvalue weighted by Crippen LogP contribution is -2.44. The average Bonchev–Trinajstić information content (AvgIpc) is 3.20. The Morgan fingerprint density at radius 2 is 1.97 bits per heavy atom. The van der Waals surface area contributed by atoms with Crippen LogP contribution in [-0.2, 0) is 22.6 Å². The van der Waals surface area contributed by atoms with Gasteiger partial charge in [0, 0.05) is 10.6 Å². The standard InChI is InChI=1S/C23H22N2O3S/c1-15-5-7-17(8-6-15)14-25-20-12-18(9-10-21(20)28-16(2)23(25)27)24-22(26)13-19-4-3-11-29-19/h3-12,16H,13-14H2,1-2H3,(H,24,26). The van der Waals surface area contributed by atoms with Crippen LogP contribution in [0.3, 0.4) is 0 Å². The number of hydrogen-bond acceptors (Lipinski definition) is 4. The third-order valence-corrected chi connectivity index (χ3v) is 5.70. The third kappa shape index (κ3) is 4.32. The minimum absolute atomic E-state index is 0.0890. The Kier molecular flexibility index (Phi) is 5.36. The molecule has 5 nitrogen and oxygen atoms in total. The van der Waals surface area contributed by atoms with E-state index < -0.39 is 6.10 Å². The summed E-state index contributed by atoms with van der Waals surface area (Å²) < 4.78 is 5.77. The van der Waals surface area contributed by atoms with Crippen molar-refractivity contribution >= 4 is 34.5 Å². The minimum atomic E-state index is -0.549. The number of benzene rings is 2. The first-order valence-electron chi connectivity index (χ1n) is 9.49. The number of fused-ring (bicyclic) bond motifs is 1. The number of nitrogens with one attached hydrogen (secondary N) is 1. The second kappa shape index (κ2) is 8.09. The van der Waals surface area contributed by atoms with Crippen LogP contribution < -0.4 is 15.0 Å². The molecule has 4 rings (SSSR count). The van der Waals surface area contributed by atoms with Crippen molar-refractivity contribution in [3.8, 4) is 5.75 Å². The molecule has 0 saturated heterocycles. The van der Waals surface area contributed by atoms with Crippen molar-refractivity contribution < 1.29 is 14.3 Å². The SMILES string of the molecule is Cc1ccc(CN2C(=O)C(C)Oc3ccc(NC(=O)Cc4cccs4)cc32)cc1. The van der Waals surface area contributed by atoms with Crippen LogP contribution in [0, 0.1) is 6.92 Å². The number of ether oxygens (including phenoxy) is 1. The van der Waals surface area contributed by atoms with Gasteiger partial charge in [-0.3, -0.25) is 9.59 Å². The Bertz CT molecular complexity index is 1030. The molecule has 0 spiro atoms. The molecule has 1 aliphatic heterocycles. The normalized spacial score (nSPS) is 15.6. The number of carbonyl (C=O) groups is 2. The van der Waals surface area contributed by atoms with E-state index in [1.54, 1.807) is 41.4 Å². The predicted molar refractivity (Wildman–Crippen MR) is 116 cm³/mol. The molecule has 0 fully saturated rings. The number of amides is 2. The molecule has 2 heterocycles. The molecule has 1 atom stereocenters. The molecule has 0 aliphatic carbocycles. The lowest BCUT2D eigenvalue weighted by atomic mass is 10.1. The van der Waals surface area contributed by atoms with E-state index in [1.165, 1.54) is 5.56 Å². The Labute approximate surface area is 173 Å². The lowest BCUT2D eigenvalue weighted by molar-refractivity contribution is -0.125. The highest BCUT2D eigenvalue weighted by Crippen LogP contribution is 2.37. The van der Waals surface area contributed by atoms with E-state index in [0.717, 1.165) is 10.4 Å². The molecule has 0 saturated carbocycles. The Morgan fingerprint density at radius 1 is 1.17 bits per heavy atom. The third-order valence-electron chi connectivity index (χ3n) is 4.83. The van der Waals surface area contributed by atoms with Crippen molar-refractivity contribution in [3.63, 3.8) is 0 Å². The summed E-state index contributed by atoms with van der Waals surface area (Å²) in [5, 5.41) is 4.88. The first-order valence-corrected chi connectivity index (χ1v) is 10.4. The van der Waals surface area contributed by atoms with Crippen LogP contribution in [0.4, 0.5) is 11.4 Å². The smallest absolute Gasteiger partial charge is 0.268 e. The fourth-order valence-electron chi connectivity index (χ4n) is 3.30. The summed E-state index contributed by atoms with van der Waals surface area (Å²) in [5.41, 5.74) is 3.52. The molecule has 0 bridgehead atoms. The lowest BCUT2D eigenvalue weighted by Gasteiger charge is -2.33. The van der Waals surface area contributed by atoms with Gasteiger partial charge in [0.2, 0.25) is 5.91 Å². The summed E-state index contributed by atoms with van der Waals surface area (Å²) in [7, 11) is 0. The monoisotopic (exact) mass is 406 g/mol. The Morgan fingerprint density at radius 3 is 2.69 bits per heavy atom. The molecule has 0 radical (unpaired) electrons. The molecule has 2 amide bonds. The summed E-state index contributed by atoms with van der Waals surface area (Å²) >= 11 is 1.55. The van der Waals surface area contributed by atoms with Crippen molar-refractivity contribution in [1.29, 1.82) is 0 Å². The zero-order chi connectivity index (χ0) is 20.4. The largest absolute Gasteiger partial charge is 0.479 e. The zero-order valence-electron chi connectivity index (χ0n) is 16.3. The number of nitrogens with zero attached hydrogens (tertiary/aromatic N) is 1. The number of rotatable bonds is 5. The van der Waals surface area contributed by atoms with Gasteiger partial charge < -0.3 is 15.0 Å². The van der Waals surface area contributed by atoms with Crippen molar-refractivity contribution in [2.45, 2.75) is 32.9 Å². The van der Waals surface area contributed by atoms with Crippen molar-refractivity contribution in [2.24, 2.45) is 0 Å². The first kappa shape index (κ1) is 19.2. The van der Waals surface area contributed by atoms with Gasteiger partial charge in [-0.2, -0.15) is 0 Å². The van der Waals surface area contributed by atoms with Crippen molar-refractivity contribution in [2.75, 3.05) is 10.2 Å². The van der Waals surface area contributed by atoms with Gasteiger partial charge in [0.1, 0.15) is 5.75 Å².